The quantitative estimate of drug-likeness (QED) is 0.540. The van der Waals surface area contributed by atoms with Crippen LogP contribution in [0.5, 0.6) is 5.75 Å². The van der Waals surface area contributed by atoms with E-state index in [1.54, 1.807) is 18.3 Å². The number of alkyl halides is 3. The summed E-state index contributed by atoms with van der Waals surface area (Å²) < 4.78 is 41.4. The maximum atomic E-state index is 12.2. The molecular weight excluding hydrogens is 387 g/mol. The van der Waals surface area contributed by atoms with Crippen molar-refractivity contribution in [2.75, 3.05) is 13.2 Å². The molecule has 0 aliphatic carbocycles. The molecule has 0 bridgehead atoms. The number of carboxylic acid groups (broad SMARTS) is 1. The first-order valence-corrected chi connectivity index (χ1v) is 8.71. The van der Waals surface area contributed by atoms with Crippen molar-refractivity contribution in [2.45, 2.75) is 12.6 Å². The number of imidazole rings is 1. The molecular formula is C20H18F3N3O3. The Kier molecular flexibility index (Phi) is 6.06. The molecule has 0 unspecified atom stereocenters. The first-order chi connectivity index (χ1) is 13.8. The SMILES string of the molecule is O=C(O)NCCc1ncc(-c2cccc(-c3ccc(OCC(F)(F)F)cc3)c2)[nH]1. The van der Waals surface area contributed by atoms with E-state index in [4.69, 9.17) is 9.84 Å². The molecule has 9 heteroatoms. The van der Waals surface area contributed by atoms with Crippen molar-refractivity contribution < 1.29 is 27.8 Å². The number of aromatic nitrogens is 2. The number of benzene rings is 2. The van der Waals surface area contributed by atoms with Crippen LogP contribution in [0.1, 0.15) is 5.82 Å². The van der Waals surface area contributed by atoms with Crippen LogP contribution in [0.15, 0.2) is 54.7 Å². The summed E-state index contributed by atoms with van der Waals surface area (Å²) in [4.78, 5) is 17.9. The predicted molar refractivity (Wildman–Crippen MR) is 101 cm³/mol. The minimum absolute atomic E-state index is 0.149. The van der Waals surface area contributed by atoms with Gasteiger partial charge in [0, 0.05) is 18.5 Å². The summed E-state index contributed by atoms with van der Waals surface area (Å²) >= 11 is 0. The van der Waals surface area contributed by atoms with Gasteiger partial charge in [-0.05, 0) is 29.3 Å². The van der Waals surface area contributed by atoms with Crippen LogP contribution in [0.2, 0.25) is 0 Å². The lowest BCUT2D eigenvalue weighted by Gasteiger charge is -2.10. The normalized spacial score (nSPS) is 11.3. The molecule has 152 valence electrons. The van der Waals surface area contributed by atoms with Gasteiger partial charge in [-0.3, -0.25) is 0 Å². The predicted octanol–water partition coefficient (Wildman–Crippen LogP) is 4.49. The van der Waals surface area contributed by atoms with E-state index in [-0.39, 0.29) is 12.3 Å². The lowest BCUT2D eigenvalue weighted by Crippen LogP contribution is -2.23. The summed E-state index contributed by atoms with van der Waals surface area (Å²) in [6.07, 6.45) is -3.35. The molecule has 0 atom stereocenters. The molecule has 2 aromatic carbocycles. The Balaban J connectivity index is 1.69. The number of nitrogens with zero attached hydrogens (tertiary/aromatic N) is 1. The third kappa shape index (κ3) is 6.00. The van der Waals surface area contributed by atoms with Gasteiger partial charge in [0.2, 0.25) is 0 Å². The van der Waals surface area contributed by atoms with E-state index in [0.717, 1.165) is 22.4 Å². The molecule has 0 radical (unpaired) electrons. The second kappa shape index (κ2) is 8.68. The number of carbonyl (C=O) groups is 1. The fraction of sp³-hybridized carbons (Fsp3) is 0.200. The van der Waals surface area contributed by atoms with Crippen molar-refractivity contribution in [3.05, 3.63) is 60.6 Å². The number of hydrogen-bond donors (Lipinski definition) is 3. The summed E-state index contributed by atoms with van der Waals surface area (Å²) in [6.45, 7) is -1.07. The Labute approximate surface area is 164 Å². The second-order valence-corrected chi connectivity index (χ2v) is 6.23. The van der Waals surface area contributed by atoms with E-state index in [1.807, 2.05) is 24.3 Å². The number of nitrogens with one attached hydrogen (secondary N) is 2. The third-order valence-corrected chi connectivity index (χ3v) is 4.03. The second-order valence-electron chi connectivity index (χ2n) is 6.23. The summed E-state index contributed by atoms with van der Waals surface area (Å²) in [5.41, 5.74) is 3.37. The molecule has 1 amide bonds. The van der Waals surface area contributed by atoms with Crippen LogP contribution >= 0.6 is 0 Å². The lowest BCUT2D eigenvalue weighted by atomic mass is 10.0. The zero-order chi connectivity index (χ0) is 20.9. The number of aromatic amines is 1. The van der Waals surface area contributed by atoms with Crippen LogP contribution < -0.4 is 10.1 Å². The highest BCUT2D eigenvalue weighted by Gasteiger charge is 2.28. The number of H-pyrrole nitrogens is 1. The standard InChI is InChI=1S/C20H18F3N3O3/c21-20(22,23)12-29-16-6-4-13(5-7-16)14-2-1-3-15(10-14)17-11-25-18(26-17)8-9-24-19(27)28/h1-7,10-11,24H,8-9,12H2,(H,25,26)(H,27,28). The molecule has 0 fully saturated rings. The molecule has 3 N–H and O–H groups in total. The summed E-state index contributed by atoms with van der Waals surface area (Å²) in [5, 5.41) is 10.9. The van der Waals surface area contributed by atoms with Crippen LogP contribution in [0, 0.1) is 0 Å². The van der Waals surface area contributed by atoms with Crippen molar-refractivity contribution in [1.29, 1.82) is 0 Å². The monoisotopic (exact) mass is 405 g/mol. The summed E-state index contributed by atoms with van der Waals surface area (Å²) in [5.74, 6) is 0.806. The Morgan fingerprint density at radius 2 is 1.83 bits per heavy atom. The number of rotatable bonds is 7. The van der Waals surface area contributed by atoms with E-state index >= 15 is 0 Å². The van der Waals surface area contributed by atoms with Crippen LogP contribution in [0.4, 0.5) is 18.0 Å². The molecule has 0 saturated carbocycles. The maximum Gasteiger partial charge on any atom is 0.422 e. The average Bonchev–Trinajstić information content (AvgIpc) is 3.15. The highest BCUT2D eigenvalue weighted by atomic mass is 19.4. The highest BCUT2D eigenvalue weighted by molar-refractivity contribution is 5.71. The fourth-order valence-electron chi connectivity index (χ4n) is 2.70. The molecule has 1 aromatic heterocycles. The largest absolute Gasteiger partial charge is 0.484 e. The molecule has 0 aliphatic rings. The molecule has 3 rings (SSSR count). The van der Waals surface area contributed by atoms with Crippen LogP contribution in [-0.4, -0.2) is 40.5 Å². The molecule has 0 spiro atoms. The van der Waals surface area contributed by atoms with E-state index in [0.29, 0.717) is 12.2 Å². The average molecular weight is 405 g/mol. The van der Waals surface area contributed by atoms with Gasteiger partial charge in [0.15, 0.2) is 6.61 Å². The van der Waals surface area contributed by atoms with Crippen molar-refractivity contribution in [3.63, 3.8) is 0 Å². The van der Waals surface area contributed by atoms with Gasteiger partial charge in [-0.15, -0.1) is 0 Å². The van der Waals surface area contributed by atoms with Crippen molar-refractivity contribution in [2.24, 2.45) is 0 Å². The number of ether oxygens (including phenoxy) is 1. The van der Waals surface area contributed by atoms with Crippen LogP contribution in [-0.2, 0) is 6.42 Å². The number of amides is 1. The summed E-state index contributed by atoms with van der Waals surface area (Å²) in [7, 11) is 0. The third-order valence-electron chi connectivity index (χ3n) is 4.03. The maximum absolute atomic E-state index is 12.2. The fourth-order valence-corrected chi connectivity index (χ4v) is 2.70. The molecule has 1 heterocycles. The first kappa shape index (κ1) is 20.2. The van der Waals surface area contributed by atoms with Gasteiger partial charge in [-0.1, -0.05) is 30.3 Å². The van der Waals surface area contributed by atoms with Crippen LogP contribution in [0.3, 0.4) is 0 Å². The Morgan fingerprint density at radius 3 is 2.52 bits per heavy atom. The van der Waals surface area contributed by atoms with Gasteiger partial charge in [0.1, 0.15) is 11.6 Å². The van der Waals surface area contributed by atoms with Crippen LogP contribution in [0.25, 0.3) is 22.4 Å². The molecule has 6 nitrogen and oxygen atoms in total. The Bertz CT molecular complexity index is 969. The van der Waals surface area contributed by atoms with Gasteiger partial charge in [0.25, 0.3) is 0 Å². The molecule has 29 heavy (non-hydrogen) atoms. The first-order valence-electron chi connectivity index (χ1n) is 8.71. The minimum atomic E-state index is -4.38. The highest BCUT2D eigenvalue weighted by Crippen LogP contribution is 2.27. The number of halogens is 3. The van der Waals surface area contributed by atoms with Gasteiger partial charge < -0.3 is 20.1 Å². The van der Waals surface area contributed by atoms with E-state index in [2.05, 4.69) is 15.3 Å². The van der Waals surface area contributed by atoms with Crippen molar-refractivity contribution in [3.8, 4) is 28.1 Å². The van der Waals surface area contributed by atoms with Gasteiger partial charge in [0.05, 0.1) is 11.9 Å². The Morgan fingerprint density at radius 1 is 1.10 bits per heavy atom. The Hall–Kier alpha value is -3.49. The van der Waals surface area contributed by atoms with E-state index in [1.165, 1.54) is 12.1 Å². The van der Waals surface area contributed by atoms with E-state index < -0.39 is 18.9 Å². The van der Waals surface area contributed by atoms with Gasteiger partial charge >= 0.3 is 12.3 Å². The van der Waals surface area contributed by atoms with Gasteiger partial charge in [-0.25, -0.2) is 9.78 Å². The topological polar surface area (TPSA) is 87.2 Å². The van der Waals surface area contributed by atoms with Crippen molar-refractivity contribution in [1.82, 2.24) is 15.3 Å². The summed E-state index contributed by atoms with van der Waals surface area (Å²) in [6, 6.07) is 14.0. The lowest BCUT2D eigenvalue weighted by molar-refractivity contribution is -0.153. The van der Waals surface area contributed by atoms with E-state index in [9.17, 15) is 18.0 Å². The number of hydrogen-bond acceptors (Lipinski definition) is 3. The van der Waals surface area contributed by atoms with Crippen molar-refractivity contribution >= 4 is 6.09 Å². The molecule has 3 aromatic rings. The minimum Gasteiger partial charge on any atom is -0.484 e. The molecule has 0 saturated heterocycles. The zero-order valence-electron chi connectivity index (χ0n) is 15.2. The zero-order valence-corrected chi connectivity index (χ0v) is 15.2. The smallest absolute Gasteiger partial charge is 0.422 e. The molecule has 0 aliphatic heterocycles. The van der Waals surface area contributed by atoms with Gasteiger partial charge in [-0.2, -0.15) is 13.2 Å².